The van der Waals surface area contributed by atoms with E-state index in [9.17, 15) is 0 Å². The summed E-state index contributed by atoms with van der Waals surface area (Å²) in [6.07, 6.45) is 0. The summed E-state index contributed by atoms with van der Waals surface area (Å²) in [4.78, 5) is 2.96. The monoisotopic (exact) mass is 195 g/mol. The molecule has 0 saturated carbocycles. The molecule has 1 heterocycles. The third kappa shape index (κ3) is 1.39. The molecular weight excluding hydrogens is 189 g/mol. The van der Waals surface area contributed by atoms with Crippen molar-refractivity contribution in [2.45, 2.75) is 0 Å². The number of aromatic amines is 1. The summed E-state index contributed by atoms with van der Waals surface area (Å²) in [5.74, 6) is 0. The van der Waals surface area contributed by atoms with Crippen LogP contribution in [0.25, 0.3) is 11.1 Å². The van der Waals surface area contributed by atoms with E-state index in [4.69, 9.17) is 26.7 Å². The van der Waals surface area contributed by atoms with Crippen molar-refractivity contribution in [1.82, 2.24) is 4.98 Å². The Kier molecular flexibility index (Phi) is 1.95. The minimum absolute atomic E-state index is 0.225. The second kappa shape index (κ2) is 2.99. The largest absolute Gasteiger partial charge is 0.490 e. The van der Waals surface area contributed by atoms with Crippen LogP contribution in [0.3, 0.4) is 0 Å². The van der Waals surface area contributed by atoms with Gasteiger partial charge in [-0.15, -0.1) is 0 Å². The zero-order chi connectivity index (χ0) is 9.42. The van der Waals surface area contributed by atoms with E-state index in [1.54, 1.807) is 18.2 Å². The molecule has 0 spiro atoms. The van der Waals surface area contributed by atoms with E-state index in [1.165, 1.54) is 0 Å². The van der Waals surface area contributed by atoms with Crippen LogP contribution in [0, 0.1) is 4.84 Å². The van der Waals surface area contributed by atoms with Gasteiger partial charge in [0.15, 0.2) is 5.58 Å². The van der Waals surface area contributed by atoms with Crippen LogP contribution in [0.1, 0.15) is 0 Å². The van der Waals surface area contributed by atoms with Gasteiger partial charge in [-0.2, -0.15) is 0 Å². The summed E-state index contributed by atoms with van der Waals surface area (Å²) in [6.45, 7) is 0. The van der Waals surface area contributed by atoms with E-state index in [0.29, 0.717) is 16.6 Å². The van der Waals surface area contributed by atoms with E-state index in [1.807, 2.05) is 0 Å². The van der Waals surface area contributed by atoms with Crippen LogP contribution < -0.4 is 5.46 Å². The van der Waals surface area contributed by atoms with Crippen LogP contribution in [0.2, 0.25) is 0 Å². The number of hydrogen-bond acceptors (Lipinski definition) is 4. The Balaban J connectivity index is 2.82. The fraction of sp³-hybridized carbons (Fsp3) is 0. The van der Waals surface area contributed by atoms with Crippen molar-refractivity contribution in [1.29, 1.82) is 0 Å². The van der Waals surface area contributed by atoms with Crippen LogP contribution >= 0.6 is 12.2 Å². The number of fused-ring (bicyclic) bond motifs is 1. The lowest BCUT2D eigenvalue weighted by Gasteiger charge is -1.98. The Bertz CT molecular complexity index is 490. The second-order valence-corrected chi connectivity index (χ2v) is 2.98. The minimum atomic E-state index is -1.52. The summed E-state index contributed by atoms with van der Waals surface area (Å²) in [5, 5.41) is 18.0. The number of hydrogen-bond donors (Lipinski definition) is 3. The molecule has 6 heteroatoms. The maximum absolute atomic E-state index is 8.99. The highest BCUT2D eigenvalue weighted by atomic mass is 32.1. The van der Waals surface area contributed by atoms with E-state index >= 15 is 0 Å². The molecule has 2 rings (SSSR count). The molecule has 2 aromatic rings. The molecule has 0 bridgehead atoms. The number of rotatable bonds is 1. The van der Waals surface area contributed by atoms with Crippen molar-refractivity contribution in [2.75, 3.05) is 0 Å². The number of oxazole rings is 1. The van der Waals surface area contributed by atoms with E-state index in [2.05, 4.69) is 4.98 Å². The fourth-order valence-electron chi connectivity index (χ4n) is 1.21. The molecule has 4 nitrogen and oxygen atoms in total. The standard InChI is InChI=1S/C7H6BNO3S/c10-8(11)4-2-1-3-5-6(4)9-7(13)12-5/h1-3,10-11H,(H,9,13). The van der Waals surface area contributed by atoms with Gasteiger partial charge < -0.3 is 19.4 Å². The fourth-order valence-corrected chi connectivity index (χ4v) is 1.40. The molecule has 0 radical (unpaired) electrons. The SMILES string of the molecule is OB(O)c1cccc2oc(=S)[nH]c12. The quantitative estimate of drug-likeness (QED) is 0.448. The van der Waals surface area contributed by atoms with Crippen LogP contribution in [0.5, 0.6) is 0 Å². The Morgan fingerprint density at radius 2 is 2.15 bits per heavy atom. The van der Waals surface area contributed by atoms with Crippen LogP contribution in [-0.4, -0.2) is 22.2 Å². The molecule has 0 aliphatic heterocycles. The third-order valence-corrected chi connectivity index (χ3v) is 1.95. The summed E-state index contributed by atoms with van der Waals surface area (Å²) >= 11 is 4.77. The topological polar surface area (TPSA) is 69.4 Å². The molecule has 0 atom stereocenters. The second-order valence-electron chi connectivity index (χ2n) is 2.61. The first-order chi connectivity index (χ1) is 6.18. The predicted molar refractivity (Wildman–Crippen MR) is 51.2 cm³/mol. The molecule has 1 aromatic heterocycles. The van der Waals surface area contributed by atoms with Crippen molar-refractivity contribution >= 4 is 35.9 Å². The molecule has 66 valence electrons. The van der Waals surface area contributed by atoms with Crippen LogP contribution in [-0.2, 0) is 0 Å². The minimum Gasteiger partial charge on any atom is -0.429 e. The van der Waals surface area contributed by atoms with Gasteiger partial charge in [0.05, 0.1) is 5.52 Å². The molecule has 3 N–H and O–H groups in total. The van der Waals surface area contributed by atoms with Crippen molar-refractivity contribution in [3.8, 4) is 0 Å². The van der Waals surface area contributed by atoms with E-state index in [-0.39, 0.29) is 4.84 Å². The molecular formula is C7H6BNO3S. The Labute approximate surface area is 79.0 Å². The van der Waals surface area contributed by atoms with Crippen molar-refractivity contribution in [3.63, 3.8) is 0 Å². The maximum atomic E-state index is 8.99. The molecule has 0 aliphatic carbocycles. The summed E-state index contributed by atoms with van der Waals surface area (Å²) in [5.41, 5.74) is 1.41. The van der Waals surface area contributed by atoms with Gasteiger partial charge >= 0.3 is 7.12 Å². The van der Waals surface area contributed by atoms with Crippen molar-refractivity contribution in [2.24, 2.45) is 0 Å². The van der Waals surface area contributed by atoms with Gasteiger partial charge in [-0.25, -0.2) is 0 Å². The zero-order valence-corrected chi connectivity index (χ0v) is 7.34. The summed E-state index contributed by atoms with van der Waals surface area (Å²) < 4.78 is 5.10. The van der Waals surface area contributed by atoms with Gasteiger partial charge in [0.1, 0.15) is 0 Å². The van der Waals surface area contributed by atoms with Crippen molar-refractivity contribution < 1.29 is 14.5 Å². The first-order valence-corrected chi connectivity index (χ1v) is 4.07. The normalized spacial score (nSPS) is 10.6. The Morgan fingerprint density at radius 3 is 2.85 bits per heavy atom. The average Bonchev–Trinajstić information content (AvgIpc) is 2.43. The molecule has 1 aromatic carbocycles. The summed E-state index contributed by atoms with van der Waals surface area (Å²) in [6, 6.07) is 4.96. The highest BCUT2D eigenvalue weighted by molar-refractivity contribution is 7.71. The van der Waals surface area contributed by atoms with Gasteiger partial charge in [0.25, 0.3) is 4.84 Å². The first-order valence-electron chi connectivity index (χ1n) is 3.66. The first kappa shape index (κ1) is 8.49. The maximum Gasteiger partial charge on any atom is 0.490 e. The highest BCUT2D eigenvalue weighted by Gasteiger charge is 2.16. The van der Waals surface area contributed by atoms with Gasteiger partial charge in [0.2, 0.25) is 0 Å². The number of benzene rings is 1. The van der Waals surface area contributed by atoms with Gasteiger partial charge in [-0.3, -0.25) is 0 Å². The molecule has 0 fully saturated rings. The molecule has 13 heavy (non-hydrogen) atoms. The summed E-state index contributed by atoms with van der Waals surface area (Å²) in [7, 11) is -1.52. The number of aromatic nitrogens is 1. The average molecular weight is 195 g/mol. The van der Waals surface area contributed by atoms with Crippen molar-refractivity contribution in [3.05, 3.63) is 23.0 Å². The number of H-pyrrole nitrogens is 1. The predicted octanol–water partition coefficient (Wildman–Crippen LogP) is 0.170. The molecule has 0 unspecified atom stereocenters. The third-order valence-electron chi connectivity index (χ3n) is 1.77. The number of nitrogens with one attached hydrogen (secondary N) is 1. The molecule has 0 saturated heterocycles. The molecule has 0 aliphatic rings. The lowest BCUT2D eigenvalue weighted by atomic mass is 9.79. The number of para-hydroxylation sites is 1. The smallest absolute Gasteiger partial charge is 0.429 e. The van der Waals surface area contributed by atoms with Gasteiger partial charge in [-0.1, -0.05) is 12.1 Å². The van der Waals surface area contributed by atoms with Crippen LogP contribution in [0.15, 0.2) is 22.6 Å². The zero-order valence-electron chi connectivity index (χ0n) is 6.52. The van der Waals surface area contributed by atoms with Gasteiger partial charge in [-0.05, 0) is 18.3 Å². The van der Waals surface area contributed by atoms with E-state index in [0.717, 1.165) is 0 Å². The van der Waals surface area contributed by atoms with Crippen LogP contribution in [0.4, 0.5) is 0 Å². The van der Waals surface area contributed by atoms with Gasteiger partial charge in [0, 0.05) is 5.46 Å². The van der Waals surface area contributed by atoms with E-state index < -0.39 is 7.12 Å². The Morgan fingerprint density at radius 1 is 1.38 bits per heavy atom. The molecule has 0 amide bonds. The highest BCUT2D eigenvalue weighted by Crippen LogP contribution is 2.10. The lowest BCUT2D eigenvalue weighted by Crippen LogP contribution is -2.30. The Hall–Kier alpha value is -1.11. The lowest BCUT2D eigenvalue weighted by molar-refractivity contribution is 0.426.